The number of methoxy groups -OCH3 is 1. The average molecular weight is 564 g/mol. The molecule has 2 aliphatic heterocycles. The number of hydrogen-bond acceptors (Lipinski definition) is 8. The Morgan fingerprint density at radius 3 is 2.58 bits per heavy atom. The highest BCUT2D eigenvalue weighted by molar-refractivity contribution is 6.39. The Hall–Kier alpha value is -5.03. The molecule has 3 aromatic rings. The van der Waals surface area contributed by atoms with E-state index in [0.717, 1.165) is 10.5 Å². The molecule has 2 heterocycles. The second kappa shape index (κ2) is 11.0. The van der Waals surface area contributed by atoms with Crippen molar-refractivity contribution in [1.29, 1.82) is 0 Å². The molecule has 11 nitrogen and oxygen atoms in total. The highest BCUT2D eigenvalue weighted by atomic mass is 35.5. The molecular formula is C28H22ClN3O8. The van der Waals surface area contributed by atoms with Gasteiger partial charge in [-0.15, -0.1) is 0 Å². The molecule has 1 fully saturated rings. The Kier molecular flexibility index (Phi) is 7.30. The van der Waals surface area contributed by atoms with Crippen molar-refractivity contribution in [2.75, 3.05) is 30.7 Å². The van der Waals surface area contributed by atoms with Crippen molar-refractivity contribution in [3.8, 4) is 23.0 Å². The van der Waals surface area contributed by atoms with Gasteiger partial charge in [-0.05, 0) is 55.0 Å². The fraction of sp³-hybridized carbons (Fsp3) is 0.143. The SMILES string of the molecule is COc1cc(/C=C2\C(=O)NC(=O)N(c3ccc4c(c3)OCO4)C2=O)cc(Cl)c1OCC(=O)Nc1ccc(C)cc1. The summed E-state index contributed by atoms with van der Waals surface area (Å²) in [6.07, 6.45) is 1.27. The Morgan fingerprint density at radius 1 is 1.07 bits per heavy atom. The number of benzene rings is 3. The number of fused-ring (bicyclic) bond motifs is 1. The van der Waals surface area contributed by atoms with Gasteiger partial charge in [-0.3, -0.25) is 19.7 Å². The van der Waals surface area contributed by atoms with E-state index in [9.17, 15) is 19.2 Å². The van der Waals surface area contributed by atoms with Gasteiger partial charge in [0.1, 0.15) is 5.57 Å². The number of imide groups is 2. The van der Waals surface area contributed by atoms with E-state index >= 15 is 0 Å². The van der Waals surface area contributed by atoms with Crippen molar-refractivity contribution >= 4 is 52.8 Å². The van der Waals surface area contributed by atoms with Crippen LogP contribution in [-0.2, 0) is 14.4 Å². The van der Waals surface area contributed by atoms with Crippen LogP contribution in [0.2, 0.25) is 5.02 Å². The summed E-state index contributed by atoms with van der Waals surface area (Å²) < 4.78 is 21.6. The molecule has 2 N–H and O–H groups in total. The van der Waals surface area contributed by atoms with Crippen molar-refractivity contribution in [2.45, 2.75) is 6.92 Å². The van der Waals surface area contributed by atoms with Crippen molar-refractivity contribution in [1.82, 2.24) is 5.32 Å². The fourth-order valence-corrected chi connectivity index (χ4v) is 4.29. The molecule has 5 rings (SSSR count). The summed E-state index contributed by atoms with van der Waals surface area (Å²) in [5.41, 5.74) is 1.86. The van der Waals surface area contributed by atoms with E-state index in [2.05, 4.69) is 10.6 Å². The van der Waals surface area contributed by atoms with Crippen LogP contribution in [0, 0.1) is 6.92 Å². The van der Waals surface area contributed by atoms with Gasteiger partial charge in [0, 0.05) is 11.8 Å². The number of aryl methyl sites for hydroxylation is 1. The van der Waals surface area contributed by atoms with Crippen molar-refractivity contribution in [2.24, 2.45) is 0 Å². The summed E-state index contributed by atoms with van der Waals surface area (Å²) in [5, 5.41) is 4.95. The second-order valence-corrected chi connectivity index (χ2v) is 9.14. The lowest BCUT2D eigenvalue weighted by atomic mass is 10.1. The molecule has 1 saturated heterocycles. The number of nitrogens with zero attached hydrogens (tertiary/aromatic N) is 1. The van der Waals surface area contributed by atoms with Gasteiger partial charge >= 0.3 is 6.03 Å². The zero-order valence-electron chi connectivity index (χ0n) is 21.3. The van der Waals surface area contributed by atoms with Gasteiger partial charge in [0.05, 0.1) is 17.8 Å². The lowest BCUT2D eigenvalue weighted by molar-refractivity contribution is -0.122. The summed E-state index contributed by atoms with van der Waals surface area (Å²) in [6, 6.07) is 13.8. The molecule has 0 unspecified atom stereocenters. The molecule has 2 aliphatic rings. The lowest BCUT2D eigenvalue weighted by Gasteiger charge is -2.26. The van der Waals surface area contributed by atoms with E-state index in [1.807, 2.05) is 19.1 Å². The quantitative estimate of drug-likeness (QED) is 0.325. The third kappa shape index (κ3) is 5.40. The predicted molar refractivity (Wildman–Crippen MR) is 145 cm³/mol. The van der Waals surface area contributed by atoms with Crippen LogP contribution in [0.25, 0.3) is 6.08 Å². The monoisotopic (exact) mass is 563 g/mol. The van der Waals surface area contributed by atoms with Crippen LogP contribution >= 0.6 is 11.6 Å². The number of barbiturate groups is 1. The Balaban J connectivity index is 1.36. The molecular weight excluding hydrogens is 542 g/mol. The topological polar surface area (TPSA) is 133 Å². The molecule has 0 atom stereocenters. The minimum atomic E-state index is -0.908. The molecule has 0 saturated carbocycles. The van der Waals surface area contributed by atoms with E-state index < -0.39 is 23.8 Å². The van der Waals surface area contributed by atoms with Crippen LogP contribution in [-0.4, -0.2) is 44.3 Å². The molecule has 0 aromatic heterocycles. The summed E-state index contributed by atoms with van der Waals surface area (Å²) in [5.74, 6) is -1.05. The first-order valence-corrected chi connectivity index (χ1v) is 12.3. The Morgan fingerprint density at radius 2 is 1.82 bits per heavy atom. The first kappa shape index (κ1) is 26.6. The largest absolute Gasteiger partial charge is 0.493 e. The van der Waals surface area contributed by atoms with Crippen molar-refractivity contribution in [3.63, 3.8) is 0 Å². The number of hydrogen-bond donors (Lipinski definition) is 2. The zero-order valence-corrected chi connectivity index (χ0v) is 22.0. The van der Waals surface area contributed by atoms with Gasteiger partial charge < -0.3 is 24.3 Å². The highest BCUT2D eigenvalue weighted by Gasteiger charge is 2.37. The van der Waals surface area contributed by atoms with Crippen molar-refractivity contribution in [3.05, 3.63) is 76.3 Å². The molecule has 204 valence electrons. The second-order valence-electron chi connectivity index (χ2n) is 8.73. The number of amides is 5. The number of carbonyl (C=O) groups is 4. The maximum atomic E-state index is 13.3. The smallest absolute Gasteiger partial charge is 0.335 e. The van der Waals surface area contributed by atoms with Gasteiger partial charge in [-0.1, -0.05) is 29.3 Å². The minimum Gasteiger partial charge on any atom is -0.493 e. The van der Waals surface area contributed by atoms with Crippen molar-refractivity contribution < 1.29 is 38.1 Å². The molecule has 0 bridgehead atoms. The van der Waals surface area contributed by atoms with Crippen LogP contribution in [0.1, 0.15) is 11.1 Å². The number of halogens is 1. The third-order valence-electron chi connectivity index (χ3n) is 5.96. The zero-order chi connectivity index (χ0) is 28.4. The van der Waals surface area contributed by atoms with E-state index in [0.29, 0.717) is 22.7 Å². The number of rotatable bonds is 7. The predicted octanol–water partition coefficient (Wildman–Crippen LogP) is 4.07. The molecule has 0 aliphatic carbocycles. The summed E-state index contributed by atoms with van der Waals surface area (Å²) in [4.78, 5) is 51.6. The Labute approximate surface area is 233 Å². The van der Waals surface area contributed by atoms with Gasteiger partial charge in [0.15, 0.2) is 29.6 Å². The average Bonchev–Trinajstić information content (AvgIpc) is 3.39. The molecule has 5 amide bonds. The summed E-state index contributed by atoms with van der Waals surface area (Å²) >= 11 is 6.42. The van der Waals surface area contributed by atoms with Crippen LogP contribution in [0.5, 0.6) is 23.0 Å². The highest BCUT2D eigenvalue weighted by Crippen LogP contribution is 2.38. The number of ether oxygens (including phenoxy) is 4. The molecule has 40 heavy (non-hydrogen) atoms. The van der Waals surface area contributed by atoms with Crippen LogP contribution in [0.15, 0.2) is 60.2 Å². The lowest BCUT2D eigenvalue weighted by Crippen LogP contribution is -2.54. The number of nitrogens with one attached hydrogen (secondary N) is 2. The van der Waals surface area contributed by atoms with E-state index in [4.69, 9.17) is 30.5 Å². The first-order chi connectivity index (χ1) is 19.2. The number of anilines is 2. The summed E-state index contributed by atoms with van der Waals surface area (Å²) in [6.45, 7) is 1.61. The maximum absolute atomic E-state index is 13.3. The van der Waals surface area contributed by atoms with Crippen LogP contribution in [0.3, 0.4) is 0 Å². The van der Waals surface area contributed by atoms with E-state index in [1.165, 1.54) is 37.5 Å². The fourth-order valence-electron chi connectivity index (χ4n) is 4.02. The van der Waals surface area contributed by atoms with Crippen LogP contribution in [0.4, 0.5) is 16.2 Å². The Bertz CT molecular complexity index is 1570. The standard InChI is InChI=1S/C28H22ClN3O8/c1-15-3-5-17(6-4-15)30-24(33)13-38-25-20(29)10-16(11-23(25)37-2)9-19-26(34)31-28(36)32(27(19)35)18-7-8-21-22(12-18)40-14-39-21/h3-12H,13-14H2,1-2H3,(H,30,33)(H,31,34,36)/b19-9+. The first-order valence-electron chi connectivity index (χ1n) is 11.9. The normalized spacial score (nSPS) is 15.2. The molecule has 12 heteroatoms. The van der Waals surface area contributed by atoms with E-state index in [-0.39, 0.29) is 41.2 Å². The van der Waals surface area contributed by atoms with Gasteiger partial charge in [0.2, 0.25) is 6.79 Å². The number of urea groups is 1. The minimum absolute atomic E-state index is 0.0162. The van der Waals surface area contributed by atoms with Gasteiger partial charge in [-0.2, -0.15) is 0 Å². The molecule has 0 radical (unpaired) electrons. The summed E-state index contributed by atoms with van der Waals surface area (Å²) in [7, 11) is 1.38. The van der Waals surface area contributed by atoms with Gasteiger partial charge in [-0.25, -0.2) is 9.69 Å². The molecule has 3 aromatic carbocycles. The van der Waals surface area contributed by atoms with E-state index in [1.54, 1.807) is 18.2 Å². The third-order valence-corrected chi connectivity index (χ3v) is 6.24. The maximum Gasteiger partial charge on any atom is 0.335 e. The number of carbonyl (C=O) groups excluding carboxylic acids is 4. The van der Waals surface area contributed by atoms with Crippen LogP contribution < -0.4 is 34.5 Å². The molecule has 0 spiro atoms. The van der Waals surface area contributed by atoms with Gasteiger partial charge in [0.25, 0.3) is 17.7 Å².